The third-order valence-electron chi connectivity index (χ3n) is 13.6. The Balaban J connectivity index is 2.73. The molecule has 0 aromatic heterocycles. The molecule has 0 spiro atoms. The normalized spacial score (nSPS) is 19.9. The molecule has 422 valence electrons. The summed E-state index contributed by atoms with van der Waals surface area (Å²) >= 11 is 0. The number of hydrogen-bond donors (Lipinski definition) is 6. The summed E-state index contributed by atoms with van der Waals surface area (Å²) < 4.78 is 17.6. The minimum absolute atomic E-state index is 0.120. The maximum absolute atomic E-state index is 13.4. The number of aliphatic hydroxyl groups excluding tert-OH is 5. The summed E-state index contributed by atoms with van der Waals surface area (Å²) in [5, 5.41) is 56.8. The molecule has 11 nitrogen and oxygen atoms in total. The highest BCUT2D eigenvalue weighted by Gasteiger charge is 2.47. The van der Waals surface area contributed by atoms with E-state index in [1.54, 1.807) is 6.08 Å². The van der Waals surface area contributed by atoms with E-state index in [1.165, 1.54) is 109 Å². The minimum Gasteiger partial charge on any atom is -0.454 e. The van der Waals surface area contributed by atoms with E-state index < -0.39 is 67.4 Å². The van der Waals surface area contributed by atoms with Crippen LogP contribution in [0.1, 0.15) is 245 Å². The van der Waals surface area contributed by atoms with Crippen LogP contribution in [0.3, 0.4) is 0 Å². The molecule has 11 heteroatoms. The second-order valence-corrected chi connectivity index (χ2v) is 20.4. The van der Waals surface area contributed by atoms with Crippen molar-refractivity contribution in [3.63, 3.8) is 0 Å². The number of amides is 1. The highest BCUT2D eigenvalue weighted by molar-refractivity contribution is 5.80. The predicted octanol–water partition coefficient (Wildman–Crippen LogP) is 13.6. The number of allylic oxidation sites excluding steroid dienone is 11. The van der Waals surface area contributed by atoms with Crippen LogP contribution in [-0.2, 0) is 23.8 Å². The number of ether oxygens (including phenoxy) is 3. The van der Waals surface area contributed by atoms with Crippen LogP contribution in [-0.4, -0.2) is 99.6 Å². The first-order valence-corrected chi connectivity index (χ1v) is 29.7. The molecule has 0 bridgehead atoms. The SMILES string of the molecule is CC/C=C\C/C=C\C/C=C\C/C=C\C/C=C\CCCCC(O)C(=O)NC(COC1OC(CO)C(O)C(O)C1OC(=O)CCCCCCCCCCCCCCCCC)C(O)/C=C/CCCCCCCCCCC. The van der Waals surface area contributed by atoms with Crippen molar-refractivity contribution in [2.24, 2.45) is 0 Å². The van der Waals surface area contributed by atoms with Gasteiger partial charge in [0.05, 0.1) is 25.4 Å². The van der Waals surface area contributed by atoms with E-state index in [2.05, 4.69) is 86.8 Å². The maximum Gasteiger partial charge on any atom is 0.306 e. The van der Waals surface area contributed by atoms with Gasteiger partial charge >= 0.3 is 5.97 Å². The van der Waals surface area contributed by atoms with Gasteiger partial charge in [-0.15, -0.1) is 0 Å². The largest absolute Gasteiger partial charge is 0.454 e. The van der Waals surface area contributed by atoms with Crippen molar-refractivity contribution in [3.8, 4) is 0 Å². The summed E-state index contributed by atoms with van der Waals surface area (Å²) in [6, 6.07) is -1.04. The molecule has 1 amide bonds. The van der Waals surface area contributed by atoms with Gasteiger partial charge in [-0.25, -0.2) is 0 Å². The number of aliphatic hydroxyl groups is 5. The van der Waals surface area contributed by atoms with Crippen LogP contribution < -0.4 is 5.32 Å². The van der Waals surface area contributed by atoms with E-state index >= 15 is 0 Å². The molecule has 1 saturated heterocycles. The van der Waals surface area contributed by atoms with Crippen LogP contribution in [0.4, 0.5) is 0 Å². The Bertz CT molecular complexity index is 1460. The zero-order valence-electron chi connectivity index (χ0n) is 46.5. The monoisotopic (exact) mass is 1030 g/mol. The van der Waals surface area contributed by atoms with Gasteiger partial charge in [0.1, 0.15) is 24.4 Å². The molecule has 1 heterocycles. The number of hydrogen-bond acceptors (Lipinski definition) is 10. The number of carbonyl (C=O) groups is 2. The molecule has 0 radical (unpaired) electrons. The average Bonchev–Trinajstić information content (AvgIpc) is 3.39. The number of nitrogens with one attached hydrogen (secondary N) is 1. The quantitative estimate of drug-likeness (QED) is 0.0195. The van der Waals surface area contributed by atoms with E-state index in [0.717, 1.165) is 89.9 Å². The van der Waals surface area contributed by atoms with Crippen molar-refractivity contribution in [1.82, 2.24) is 5.32 Å². The van der Waals surface area contributed by atoms with E-state index in [0.29, 0.717) is 12.8 Å². The van der Waals surface area contributed by atoms with Crippen LogP contribution in [0.25, 0.3) is 0 Å². The Morgan fingerprint density at radius 2 is 0.986 bits per heavy atom. The molecule has 6 N–H and O–H groups in total. The number of carbonyl (C=O) groups excluding carboxylic acids is 2. The van der Waals surface area contributed by atoms with Gasteiger partial charge in [-0.2, -0.15) is 0 Å². The molecule has 8 unspecified atom stereocenters. The molecule has 1 fully saturated rings. The molecular formula is C62H109NO10. The zero-order chi connectivity index (χ0) is 53.3. The summed E-state index contributed by atoms with van der Waals surface area (Å²) in [6.07, 6.45) is 52.3. The van der Waals surface area contributed by atoms with Crippen LogP contribution in [0.15, 0.2) is 72.9 Å². The van der Waals surface area contributed by atoms with Gasteiger partial charge in [0, 0.05) is 6.42 Å². The predicted molar refractivity (Wildman–Crippen MR) is 301 cm³/mol. The Labute approximate surface area is 445 Å². The van der Waals surface area contributed by atoms with Gasteiger partial charge in [0.15, 0.2) is 12.4 Å². The smallest absolute Gasteiger partial charge is 0.306 e. The fraction of sp³-hybridized carbons (Fsp3) is 0.774. The molecule has 0 saturated carbocycles. The number of unbranched alkanes of at least 4 members (excludes halogenated alkanes) is 25. The van der Waals surface area contributed by atoms with Crippen molar-refractivity contribution in [2.45, 2.75) is 294 Å². The molecule has 0 aromatic rings. The molecule has 8 atom stereocenters. The van der Waals surface area contributed by atoms with Crippen molar-refractivity contribution >= 4 is 11.9 Å². The summed E-state index contributed by atoms with van der Waals surface area (Å²) in [5.74, 6) is -1.23. The highest BCUT2D eigenvalue weighted by Crippen LogP contribution is 2.26. The fourth-order valence-corrected chi connectivity index (χ4v) is 8.91. The third kappa shape index (κ3) is 38.3. The average molecular weight is 1030 g/mol. The van der Waals surface area contributed by atoms with Crippen LogP contribution in [0, 0.1) is 0 Å². The number of rotatable bonds is 49. The minimum atomic E-state index is -1.62. The Hall–Kier alpha value is -2.90. The first-order chi connectivity index (χ1) is 35.7. The zero-order valence-corrected chi connectivity index (χ0v) is 46.5. The van der Waals surface area contributed by atoms with Crippen LogP contribution >= 0.6 is 0 Å². The first-order valence-electron chi connectivity index (χ1n) is 29.7. The fourth-order valence-electron chi connectivity index (χ4n) is 8.91. The lowest BCUT2D eigenvalue weighted by molar-refractivity contribution is -0.305. The first kappa shape index (κ1) is 68.1. The van der Waals surface area contributed by atoms with Crippen LogP contribution in [0.2, 0.25) is 0 Å². The number of esters is 1. The summed E-state index contributed by atoms with van der Waals surface area (Å²) in [6.45, 7) is 5.64. The van der Waals surface area contributed by atoms with Crippen LogP contribution in [0.5, 0.6) is 0 Å². The van der Waals surface area contributed by atoms with Gasteiger partial charge in [-0.1, -0.05) is 241 Å². The summed E-state index contributed by atoms with van der Waals surface area (Å²) in [5.41, 5.74) is 0. The second-order valence-electron chi connectivity index (χ2n) is 20.4. The Kier molecular flexibility index (Phi) is 46.6. The lowest BCUT2D eigenvalue weighted by Crippen LogP contribution is -2.61. The molecule has 1 aliphatic rings. The highest BCUT2D eigenvalue weighted by atomic mass is 16.7. The molecule has 0 aromatic carbocycles. The topological polar surface area (TPSA) is 175 Å². The molecule has 73 heavy (non-hydrogen) atoms. The van der Waals surface area contributed by atoms with E-state index in [1.807, 2.05) is 6.08 Å². The van der Waals surface area contributed by atoms with E-state index in [4.69, 9.17) is 14.2 Å². The van der Waals surface area contributed by atoms with Gasteiger partial charge < -0.3 is 45.1 Å². The molecule has 0 aliphatic carbocycles. The Morgan fingerprint density at radius 3 is 1.48 bits per heavy atom. The summed E-state index contributed by atoms with van der Waals surface area (Å²) in [4.78, 5) is 26.5. The second kappa shape index (κ2) is 49.9. The third-order valence-corrected chi connectivity index (χ3v) is 13.6. The standard InChI is InChI=1S/C62H109NO10/c1-4-7-10-13-16-19-22-24-26-27-28-30-31-34-37-40-43-46-49-55(66)61(70)63-53(54(65)48-45-42-39-36-33-21-18-15-12-9-6-3)52-71-62-60(59(69)58(68)56(51-64)72-62)73-57(67)50-47-44-41-38-35-32-29-25-23-20-17-14-11-8-5-2/h7,10,16,19,24,26,28,30,34,37,45,48,53-56,58-60,62,64-66,68-69H,4-6,8-9,11-15,17-18,20-23,25,27,29,31-33,35-36,38-44,46-47,49-52H2,1-3H3,(H,63,70)/b10-7-,19-16-,26-24-,30-28-,37-34-,48-45+. The van der Waals surface area contributed by atoms with E-state index in [-0.39, 0.29) is 19.4 Å². The van der Waals surface area contributed by atoms with Crippen molar-refractivity contribution in [2.75, 3.05) is 13.2 Å². The molecule has 1 aliphatic heterocycles. The molecule has 1 rings (SSSR count). The van der Waals surface area contributed by atoms with Crippen molar-refractivity contribution in [1.29, 1.82) is 0 Å². The Morgan fingerprint density at radius 1 is 0.548 bits per heavy atom. The molecular weight excluding hydrogens is 919 g/mol. The van der Waals surface area contributed by atoms with Crippen molar-refractivity contribution in [3.05, 3.63) is 72.9 Å². The van der Waals surface area contributed by atoms with Crippen molar-refractivity contribution < 1.29 is 49.3 Å². The van der Waals surface area contributed by atoms with Gasteiger partial charge in [-0.05, 0) is 70.6 Å². The van der Waals surface area contributed by atoms with Gasteiger partial charge in [0.25, 0.3) is 0 Å². The summed E-state index contributed by atoms with van der Waals surface area (Å²) in [7, 11) is 0. The van der Waals surface area contributed by atoms with Gasteiger partial charge in [-0.3, -0.25) is 9.59 Å². The lowest BCUT2D eigenvalue weighted by atomic mass is 9.99. The lowest BCUT2D eigenvalue weighted by Gasteiger charge is -2.41. The maximum atomic E-state index is 13.4. The van der Waals surface area contributed by atoms with E-state index in [9.17, 15) is 35.1 Å². The van der Waals surface area contributed by atoms with Gasteiger partial charge in [0.2, 0.25) is 5.91 Å².